The zero-order chi connectivity index (χ0) is 18.9. The number of fused-ring (bicyclic) bond motifs is 2. The Kier molecular flexibility index (Phi) is 3.20. The summed E-state index contributed by atoms with van der Waals surface area (Å²) in [6.45, 7) is 2.66. The number of likely N-dealkylation sites (N-methyl/N-ethyl adjacent to an activating group) is 1. The van der Waals surface area contributed by atoms with Gasteiger partial charge in [-0.1, -0.05) is 60.7 Å². The Balaban J connectivity index is 1.87. The molecular formula is C23H24N2O2. The molecule has 4 heteroatoms. The van der Waals surface area contributed by atoms with Gasteiger partial charge >= 0.3 is 0 Å². The lowest BCUT2D eigenvalue weighted by atomic mass is 9.50. The minimum Gasteiger partial charge on any atom is -0.328 e. The highest BCUT2D eigenvalue weighted by molar-refractivity contribution is 6.06. The van der Waals surface area contributed by atoms with Crippen LogP contribution >= 0.6 is 0 Å². The SMILES string of the molecule is CN1C(=O)[C@@]23CCCN2C(=O)[C@]1(C)C(c1ccccc1)(c1ccccc1)C3. The number of carbonyl (C=O) groups is 2. The summed E-state index contributed by atoms with van der Waals surface area (Å²) in [4.78, 5) is 30.9. The molecule has 4 heterocycles. The summed E-state index contributed by atoms with van der Waals surface area (Å²) < 4.78 is 0. The average molecular weight is 360 g/mol. The number of hydrogen-bond donors (Lipinski definition) is 0. The van der Waals surface area contributed by atoms with E-state index in [1.54, 1.807) is 4.90 Å². The van der Waals surface area contributed by atoms with Crippen molar-refractivity contribution in [2.24, 2.45) is 0 Å². The third-order valence-electron chi connectivity index (χ3n) is 7.45. The van der Waals surface area contributed by atoms with E-state index in [9.17, 15) is 9.59 Å². The van der Waals surface area contributed by atoms with Crippen molar-refractivity contribution >= 4 is 11.8 Å². The maximum Gasteiger partial charge on any atom is 0.250 e. The largest absolute Gasteiger partial charge is 0.328 e. The molecule has 0 aliphatic carbocycles. The summed E-state index contributed by atoms with van der Waals surface area (Å²) in [7, 11) is 1.82. The number of amides is 2. The molecule has 0 N–H and O–H groups in total. The molecular weight excluding hydrogens is 336 g/mol. The molecule has 138 valence electrons. The van der Waals surface area contributed by atoms with Crippen LogP contribution in [0.2, 0.25) is 0 Å². The van der Waals surface area contributed by atoms with Crippen LogP contribution in [0.5, 0.6) is 0 Å². The fourth-order valence-corrected chi connectivity index (χ4v) is 6.04. The molecule has 2 bridgehead atoms. The van der Waals surface area contributed by atoms with Gasteiger partial charge in [-0.25, -0.2) is 0 Å². The molecule has 2 atom stereocenters. The Morgan fingerprint density at radius 3 is 1.96 bits per heavy atom. The highest BCUT2D eigenvalue weighted by Crippen LogP contribution is 2.61. The van der Waals surface area contributed by atoms with E-state index in [2.05, 4.69) is 24.3 Å². The monoisotopic (exact) mass is 360 g/mol. The highest BCUT2D eigenvalue weighted by Gasteiger charge is 2.75. The van der Waals surface area contributed by atoms with Crippen molar-refractivity contribution in [3.63, 3.8) is 0 Å². The minimum absolute atomic E-state index is 0.0843. The second-order valence-electron chi connectivity index (χ2n) is 8.34. The van der Waals surface area contributed by atoms with Crippen LogP contribution < -0.4 is 0 Å². The second-order valence-corrected chi connectivity index (χ2v) is 8.34. The lowest BCUT2D eigenvalue weighted by Crippen LogP contribution is -2.85. The molecule has 4 aliphatic heterocycles. The van der Waals surface area contributed by atoms with Gasteiger partial charge in [-0.2, -0.15) is 0 Å². The summed E-state index contributed by atoms with van der Waals surface area (Å²) in [6.07, 6.45) is 2.29. The molecule has 0 saturated carbocycles. The third-order valence-corrected chi connectivity index (χ3v) is 7.45. The second kappa shape index (κ2) is 5.22. The van der Waals surface area contributed by atoms with E-state index in [0.29, 0.717) is 13.0 Å². The van der Waals surface area contributed by atoms with Gasteiger partial charge in [0.05, 0.1) is 5.41 Å². The van der Waals surface area contributed by atoms with Gasteiger partial charge in [0.15, 0.2) is 0 Å². The van der Waals surface area contributed by atoms with Crippen LogP contribution in [-0.2, 0) is 15.0 Å². The van der Waals surface area contributed by atoms with Crippen LogP contribution in [0.1, 0.15) is 37.3 Å². The zero-order valence-corrected chi connectivity index (χ0v) is 15.8. The Hall–Kier alpha value is -2.62. The van der Waals surface area contributed by atoms with Gasteiger partial charge in [0, 0.05) is 13.6 Å². The van der Waals surface area contributed by atoms with E-state index in [4.69, 9.17) is 0 Å². The Labute approximate surface area is 159 Å². The van der Waals surface area contributed by atoms with Gasteiger partial charge in [0.2, 0.25) is 11.8 Å². The number of piperazine rings is 1. The molecule has 27 heavy (non-hydrogen) atoms. The van der Waals surface area contributed by atoms with Crippen molar-refractivity contribution in [2.75, 3.05) is 13.6 Å². The molecule has 4 fully saturated rings. The predicted molar refractivity (Wildman–Crippen MR) is 103 cm³/mol. The van der Waals surface area contributed by atoms with Gasteiger partial charge in [0.1, 0.15) is 11.1 Å². The van der Waals surface area contributed by atoms with Crippen LogP contribution in [0.3, 0.4) is 0 Å². The molecule has 0 unspecified atom stereocenters. The number of nitrogens with zero attached hydrogens (tertiary/aromatic N) is 2. The van der Waals surface area contributed by atoms with Crippen LogP contribution in [0.25, 0.3) is 0 Å². The summed E-state index contributed by atoms with van der Waals surface area (Å²) in [6, 6.07) is 20.6. The smallest absolute Gasteiger partial charge is 0.250 e. The number of hydrogen-bond acceptors (Lipinski definition) is 2. The minimum atomic E-state index is -0.946. The summed E-state index contributed by atoms with van der Waals surface area (Å²) in [5, 5.41) is 0. The molecule has 2 aromatic rings. The van der Waals surface area contributed by atoms with E-state index in [-0.39, 0.29) is 11.8 Å². The highest BCUT2D eigenvalue weighted by atomic mass is 16.2. The van der Waals surface area contributed by atoms with E-state index in [0.717, 1.165) is 24.0 Å². The molecule has 4 nitrogen and oxygen atoms in total. The Morgan fingerprint density at radius 1 is 0.852 bits per heavy atom. The number of carbonyl (C=O) groups excluding carboxylic acids is 2. The van der Waals surface area contributed by atoms with Crippen molar-refractivity contribution in [1.29, 1.82) is 0 Å². The van der Waals surface area contributed by atoms with Gasteiger partial charge in [0.25, 0.3) is 0 Å². The van der Waals surface area contributed by atoms with Gasteiger partial charge in [-0.15, -0.1) is 0 Å². The lowest BCUT2D eigenvalue weighted by molar-refractivity contribution is -0.193. The van der Waals surface area contributed by atoms with Crippen LogP contribution in [0, 0.1) is 0 Å². The summed E-state index contributed by atoms with van der Waals surface area (Å²) in [5.41, 5.74) is -0.000728. The first-order valence-corrected chi connectivity index (χ1v) is 9.70. The predicted octanol–water partition coefficient (Wildman–Crippen LogP) is 2.97. The van der Waals surface area contributed by atoms with E-state index in [1.165, 1.54) is 0 Å². The first kappa shape index (κ1) is 16.5. The van der Waals surface area contributed by atoms with Crippen LogP contribution in [-0.4, -0.2) is 46.3 Å². The number of rotatable bonds is 2. The van der Waals surface area contributed by atoms with Crippen LogP contribution in [0.15, 0.2) is 60.7 Å². The fourth-order valence-electron chi connectivity index (χ4n) is 6.04. The van der Waals surface area contributed by atoms with Crippen molar-refractivity contribution in [3.05, 3.63) is 71.8 Å². The number of piperidine rings is 2. The maximum absolute atomic E-state index is 13.8. The van der Waals surface area contributed by atoms with Crippen molar-refractivity contribution in [1.82, 2.24) is 9.80 Å². The Bertz CT molecular complexity index is 886. The molecule has 4 aliphatic rings. The molecule has 2 amide bonds. The topological polar surface area (TPSA) is 40.6 Å². The molecule has 4 saturated heterocycles. The van der Waals surface area contributed by atoms with E-state index in [1.807, 2.05) is 55.3 Å². The van der Waals surface area contributed by atoms with E-state index >= 15 is 0 Å². The zero-order valence-electron chi connectivity index (χ0n) is 15.8. The van der Waals surface area contributed by atoms with E-state index < -0.39 is 16.5 Å². The average Bonchev–Trinajstić information content (AvgIpc) is 3.15. The van der Waals surface area contributed by atoms with Gasteiger partial charge < -0.3 is 9.80 Å². The first-order valence-electron chi connectivity index (χ1n) is 9.70. The third kappa shape index (κ3) is 1.70. The Morgan fingerprint density at radius 2 is 1.41 bits per heavy atom. The first-order chi connectivity index (χ1) is 13.0. The normalized spacial score (nSPS) is 31.3. The van der Waals surface area contributed by atoms with Crippen molar-refractivity contribution < 1.29 is 9.59 Å². The van der Waals surface area contributed by atoms with Gasteiger partial charge in [-0.05, 0) is 37.3 Å². The number of benzene rings is 2. The lowest BCUT2D eigenvalue weighted by Gasteiger charge is -2.67. The molecule has 0 radical (unpaired) electrons. The molecule has 2 aromatic carbocycles. The van der Waals surface area contributed by atoms with Gasteiger partial charge in [-0.3, -0.25) is 9.59 Å². The quantitative estimate of drug-likeness (QED) is 0.826. The fraction of sp³-hybridized carbons (Fsp3) is 0.391. The summed E-state index contributed by atoms with van der Waals surface area (Å²) >= 11 is 0. The molecule has 1 spiro atoms. The standard InChI is InChI=1S/C23H24N2O2/c1-21-19(26)25-15-9-14-22(25,20(27)24(21)2)16-23(21,17-10-5-3-6-11-17)18-12-7-4-8-13-18/h3-8,10-13H,9,14-16H2,1-2H3/t21-,22+/m1/s1. The maximum atomic E-state index is 13.8. The van der Waals surface area contributed by atoms with Crippen LogP contribution in [0.4, 0.5) is 0 Å². The van der Waals surface area contributed by atoms with Crippen molar-refractivity contribution in [2.45, 2.75) is 42.7 Å². The molecule has 0 aromatic heterocycles. The van der Waals surface area contributed by atoms with Crippen molar-refractivity contribution in [3.8, 4) is 0 Å². The summed E-state index contributed by atoms with van der Waals surface area (Å²) in [5.74, 6) is 0.186. The molecule has 6 rings (SSSR count).